The number of rotatable bonds is 12. The monoisotopic (exact) mass is 558 g/mol. The minimum Gasteiger partial charge on any atom is -0.493 e. The number of benzene rings is 2. The molecule has 3 aromatic rings. The summed E-state index contributed by atoms with van der Waals surface area (Å²) < 4.78 is 67.2. The van der Waals surface area contributed by atoms with Crippen molar-refractivity contribution in [2.24, 2.45) is 5.73 Å². The van der Waals surface area contributed by atoms with Crippen molar-refractivity contribution in [3.05, 3.63) is 58.6 Å². The number of phosphoric acid groups is 1. The molecule has 10 nitrogen and oxygen atoms in total. The molecule has 1 aromatic heterocycles. The van der Waals surface area contributed by atoms with Crippen molar-refractivity contribution in [2.75, 3.05) is 19.8 Å². The average molecular weight is 558 g/mol. The van der Waals surface area contributed by atoms with Crippen LogP contribution in [0.5, 0.6) is 11.5 Å². The number of nitrogens with zero attached hydrogens (tertiary/aromatic N) is 3. The van der Waals surface area contributed by atoms with E-state index in [4.69, 9.17) is 30.3 Å². The number of nitrogens with two attached hydrogens (primary N) is 1. The highest BCUT2D eigenvalue weighted by molar-refractivity contribution is 7.46. The second kappa shape index (κ2) is 12.5. The molecule has 0 radical (unpaired) electrons. The van der Waals surface area contributed by atoms with Crippen LogP contribution in [0.1, 0.15) is 35.0 Å². The third kappa shape index (κ3) is 8.50. The van der Waals surface area contributed by atoms with Gasteiger partial charge in [-0.1, -0.05) is 23.5 Å². The molecule has 1 heterocycles. The molecule has 0 aliphatic carbocycles. The molecule has 0 bridgehead atoms. The highest BCUT2D eigenvalue weighted by atomic mass is 32.1. The van der Waals surface area contributed by atoms with E-state index < -0.39 is 32.2 Å². The first-order valence-corrected chi connectivity index (χ1v) is 13.1. The number of para-hydroxylation sites is 1. The SMILES string of the molecule is N#Cc1ccccc1OCCCCOc1ccc(-c2nnc(C(N)COP(=O)(O)O)s2)cc1C(F)(F)F. The zero-order valence-corrected chi connectivity index (χ0v) is 20.8. The van der Waals surface area contributed by atoms with Crippen LogP contribution in [-0.4, -0.2) is 39.8 Å². The quantitative estimate of drug-likeness (QED) is 0.214. The van der Waals surface area contributed by atoms with Gasteiger partial charge in [-0.2, -0.15) is 18.4 Å². The largest absolute Gasteiger partial charge is 0.493 e. The van der Waals surface area contributed by atoms with Gasteiger partial charge < -0.3 is 25.0 Å². The number of ether oxygens (including phenoxy) is 2. The molecule has 0 aliphatic heterocycles. The summed E-state index contributed by atoms with van der Waals surface area (Å²) in [4.78, 5) is 17.5. The van der Waals surface area contributed by atoms with E-state index in [1.165, 1.54) is 12.1 Å². The average Bonchev–Trinajstić information content (AvgIpc) is 3.34. The van der Waals surface area contributed by atoms with Crippen molar-refractivity contribution in [1.82, 2.24) is 10.2 Å². The van der Waals surface area contributed by atoms with Crippen LogP contribution in [-0.2, 0) is 15.3 Å². The molecule has 2 aromatic carbocycles. The van der Waals surface area contributed by atoms with Crippen molar-refractivity contribution in [2.45, 2.75) is 25.1 Å². The summed E-state index contributed by atoms with van der Waals surface area (Å²) in [6, 6.07) is 11.2. The van der Waals surface area contributed by atoms with E-state index in [1.807, 2.05) is 6.07 Å². The number of aromatic nitrogens is 2. The maximum Gasteiger partial charge on any atom is 0.469 e. The van der Waals surface area contributed by atoms with Gasteiger partial charge in [-0.15, -0.1) is 10.2 Å². The smallest absolute Gasteiger partial charge is 0.469 e. The predicted octanol–water partition coefficient (Wildman–Crippen LogP) is 4.44. The first-order valence-electron chi connectivity index (χ1n) is 10.7. The fourth-order valence-corrected chi connectivity index (χ4v) is 4.19. The highest BCUT2D eigenvalue weighted by Gasteiger charge is 2.35. The van der Waals surface area contributed by atoms with Gasteiger partial charge in [-0.05, 0) is 43.2 Å². The van der Waals surface area contributed by atoms with Crippen LogP contribution in [0.2, 0.25) is 0 Å². The molecule has 15 heteroatoms. The Balaban J connectivity index is 1.60. The normalized spacial score (nSPS) is 12.7. The molecule has 3 rings (SSSR count). The van der Waals surface area contributed by atoms with E-state index in [0.29, 0.717) is 24.2 Å². The number of halogens is 3. The van der Waals surface area contributed by atoms with Gasteiger partial charge in [0.1, 0.15) is 27.6 Å². The van der Waals surface area contributed by atoms with Crippen LogP contribution < -0.4 is 15.2 Å². The van der Waals surface area contributed by atoms with E-state index in [0.717, 1.165) is 17.4 Å². The van der Waals surface area contributed by atoms with Gasteiger partial charge in [0.25, 0.3) is 0 Å². The minimum absolute atomic E-state index is 0.0169. The Morgan fingerprint density at radius 1 is 1.08 bits per heavy atom. The zero-order valence-electron chi connectivity index (χ0n) is 19.1. The van der Waals surface area contributed by atoms with Crippen molar-refractivity contribution < 1.29 is 41.5 Å². The molecule has 4 N–H and O–H groups in total. The Kier molecular flexibility index (Phi) is 9.61. The molecule has 1 atom stereocenters. The number of nitriles is 1. The number of unbranched alkanes of at least 4 members (excludes halogenated alkanes) is 1. The van der Waals surface area contributed by atoms with Crippen LogP contribution in [0.15, 0.2) is 42.5 Å². The van der Waals surface area contributed by atoms with Gasteiger partial charge in [-0.25, -0.2) is 4.57 Å². The Hall–Kier alpha value is -3.05. The van der Waals surface area contributed by atoms with Crippen molar-refractivity contribution in [3.8, 4) is 28.1 Å². The van der Waals surface area contributed by atoms with E-state index in [9.17, 15) is 17.7 Å². The molecule has 0 saturated heterocycles. The summed E-state index contributed by atoms with van der Waals surface area (Å²) >= 11 is 0.875. The second-order valence-electron chi connectivity index (χ2n) is 7.56. The molecule has 0 aliphatic rings. The maximum atomic E-state index is 13.7. The van der Waals surface area contributed by atoms with Crippen LogP contribution in [0.25, 0.3) is 10.6 Å². The van der Waals surface area contributed by atoms with E-state index in [2.05, 4.69) is 14.7 Å². The topological polar surface area (TPSA) is 161 Å². The first kappa shape index (κ1) is 28.5. The molecular formula is C22H22F3N4O6PS. The predicted molar refractivity (Wildman–Crippen MR) is 127 cm³/mol. The van der Waals surface area contributed by atoms with Crippen LogP contribution in [0.3, 0.4) is 0 Å². The van der Waals surface area contributed by atoms with E-state index >= 15 is 0 Å². The van der Waals surface area contributed by atoms with Gasteiger partial charge in [0.2, 0.25) is 0 Å². The highest BCUT2D eigenvalue weighted by Crippen LogP contribution is 2.40. The lowest BCUT2D eigenvalue weighted by Gasteiger charge is -2.15. The minimum atomic E-state index is -4.74. The van der Waals surface area contributed by atoms with Crippen molar-refractivity contribution in [1.29, 1.82) is 5.26 Å². The Morgan fingerprint density at radius 2 is 1.76 bits per heavy atom. The van der Waals surface area contributed by atoms with Gasteiger partial charge in [0, 0.05) is 5.56 Å². The molecule has 1 unspecified atom stereocenters. The van der Waals surface area contributed by atoms with Crippen LogP contribution >= 0.6 is 19.2 Å². The van der Waals surface area contributed by atoms with Gasteiger partial charge in [-0.3, -0.25) is 4.52 Å². The summed E-state index contributed by atoms with van der Waals surface area (Å²) in [5, 5.41) is 16.9. The second-order valence-corrected chi connectivity index (χ2v) is 9.81. The number of hydrogen-bond donors (Lipinski definition) is 3. The molecular weight excluding hydrogens is 536 g/mol. The summed E-state index contributed by atoms with van der Waals surface area (Å²) in [6.45, 7) is -0.258. The summed E-state index contributed by atoms with van der Waals surface area (Å²) in [7, 11) is -4.74. The molecule has 37 heavy (non-hydrogen) atoms. The molecule has 0 amide bonds. The Bertz CT molecular complexity index is 1290. The lowest BCUT2D eigenvalue weighted by atomic mass is 10.1. The standard InChI is InChI=1S/C22H22F3N4O6PS/c23-22(24,25)16-11-14(20-28-29-21(37-20)17(27)13-35-36(30,31)32)7-8-19(16)34-10-4-3-9-33-18-6-2-1-5-15(18)12-26/h1-2,5-8,11,17H,3-4,9-10,13,27H2,(H2,30,31,32). The van der Waals surface area contributed by atoms with E-state index in [1.54, 1.807) is 24.3 Å². The van der Waals surface area contributed by atoms with Crippen molar-refractivity contribution >= 4 is 19.2 Å². The fourth-order valence-electron chi connectivity index (χ4n) is 3.01. The van der Waals surface area contributed by atoms with Gasteiger partial charge in [0.15, 0.2) is 0 Å². The maximum absolute atomic E-state index is 13.7. The number of phosphoric ester groups is 1. The Morgan fingerprint density at radius 3 is 2.41 bits per heavy atom. The molecule has 0 fully saturated rings. The fraction of sp³-hybridized carbons (Fsp3) is 0.318. The summed E-state index contributed by atoms with van der Waals surface area (Å²) in [5.74, 6) is 0.0967. The lowest BCUT2D eigenvalue weighted by Crippen LogP contribution is -2.16. The van der Waals surface area contributed by atoms with Gasteiger partial charge >= 0.3 is 14.0 Å². The van der Waals surface area contributed by atoms with Crippen LogP contribution in [0.4, 0.5) is 13.2 Å². The van der Waals surface area contributed by atoms with Crippen molar-refractivity contribution in [3.63, 3.8) is 0 Å². The third-order valence-electron chi connectivity index (χ3n) is 4.77. The number of alkyl halides is 3. The van der Waals surface area contributed by atoms with Crippen LogP contribution in [0, 0.1) is 11.3 Å². The lowest BCUT2D eigenvalue weighted by molar-refractivity contribution is -0.138. The summed E-state index contributed by atoms with van der Waals surface area (Å²) in [5.41, 5.74) is 5.30. The molecule has 198 valence electrons. The third-order valence-corrected chi connectivity index (χ3v) is 6.36. The number of hydrogen-bond acceptors (Lipinski definition) is 9. The molecule has 0 saturated carbocycles. The first-order chi connectivity index (χ1) is 17.5. The van der Waals surface area contributed by atoms with Gasteiger partial charge in [0.05, 0.1) is 37.0 Å². The zero-order chi connectivity index (χ0) is 27.1. The Labute approximate surface area is 213 Å². The molecule has 0 spiro atoms. The summed E-state index contributed by atoms with van der Waals surface area (Å²) in [6.07, 6.45) is -3.78. The van der Waals surface area contributed by atoms with E-state index in [-0.39, 0.29) is 34.5 Å².